The summed E-state index contributed by atoms with van der Waals surface area (Å²) in [6.07, 6.45) is 2.71. The Kier molecular flexibility index (Phi) is 6.38. The third kappa shape index (κ3) is 4.89. The summed E-state index contributed by atoms with van der Waals surface area (Å²) < 4.78 is 36.1. The third-order valence-electron chi connectivity index (χ3n) is 4.88. The molecule has 1 aromatic carbocycles. The van der Waals surface area contributed by atoms with E-state index in [0.29, 0.717) is 35.7 Å². The van der Waals surface area contributed by atoms with Crippen molar-refractivity contribution in [3.8, 4) is 5.75 Å². The molecule has 1 aliphatic heterocycles. The summed E-state index contributed by atoms with van der Waals surface area (Å²) in [5.41, 5.74) is 13.5. The van der Waals surface area contributed by atoms with E-state index in [4.69, 9.17) is 25.3 Å². The van der Waals surface area contributed by atoms with Crippen molar-refractivity contribution in [2.45, 2.75) is 25.1 Å². The molecule has 170 valence electrons. The first kappa shape index (κ1) is 22.2. The normalized spacial score (nSPS) is 21.9. The maximum Gasteiger partial charge on any atom is 0.404 e. The van der Waals surface area contributed by atoms with E-state index in [1.807, 2.05) is 0 Å². The molecule has 0 aliphatic carbocycles. The van der Waals surface area contributed by atoms with Crippen LogP contribution in [-0.4, -0.2) is 57.7 Å². The average Bonchev–Trinajstić information content (AvgIpc) is 3.20. The largest absolute Gasteiger partial charge is 0.468 e. The summed E-state index contributed by atoms with van der Waals surface area (Å²) in [5.74, 6) is 0.168. The molecule has 4 rings (SSSR count). The van der Waals surface area contributed by atoms with Crippen LogP contribution in [0.4, 0.5) is 5.82 Å². The van der Waals surface area contributed by atoms with E-state index in [9.17, 15) is 9.36 Å². The molecular formula is C19H23N6O6P. The topological polar surface area (TPSA) is 167 Å². The zero-order valence-electron chi connectivity index (χ0n) is 17.3. The lowest BCUT2D eigenvalue weighted by Crippen LogP contribution is -2.33. The number of aromatic nitrogens is 4. The van der Waals surface area contributed by atoms with Crippen LogP contribution in [0.15, 0.2) is 36.9 Å². The molecular weight excluding hydrogens is 439 g/mol. The van der Waals surface area contributed by atoms with Gasteiger partial charge in [0.2, 0.25) is 0 Å². The van der Waals surface area contributed by atoms with Gasteiger partial charge < -0.3 is 30.0 Å². The van der Waals surface area contributed by atoms with Crippen LogP contribution < -0.4 is 16.0 Å². The number of nitrogen functional groups attached to an aromatic ring is 1. The van der Waals surface area contributed by atoms with E-state index in [0.717, 1.165) is 5.56 Å². The van der Waals surface area contributed by atoms with Crippen molar-refractivity contribution in [3.05, 3.63) is 42.5 Å². The van der Waals surface area contributed by atoms with Crippen LogP contribution in [0.25, 0.3) is 11.2 Å². The van der Waals surface area contributed by atoms with Gasteiger partial charge in [-0.2, -0.15) is 0 Å². The standard InChI is InChI=1S/C19H23N6O6P/c1-28-19(26)15(20)6-12-2-4-13(5-3-12)31-32(27)11-29-14(8-30-32)7-25-10-24-16-17(21)22-9-23-18(16)25/h2-5,9-10,14-15H,6-8,11,20H2,1H3,(H2,21,22,23)/t14-,15-,32-/m0/s1. The van der Waals surface area contributed by atoms with Gasteiger partial charge in [-0.05, 0) is 24.1 Å². The number of carbonyl (C=O) groups is 1. The number of rotatable bonds is 7. The Morgan fingerprint density at radius 2 is 2.09 bits per heavy atom. The molecule has 2 aromatic heterocycles. The molecule has 0 saturated carbocycles. The van der Waals surface area contributed by atoms with Crippen molar-refractivity contribution in [2.75, 3.05) is 25.8 Å². The van der Waals surface area contributed by atoms with Crippen molar-refractivity contribution < 1.29 is 27.9 Å². The average molecular weight is 462 g/mol. The van der Waals surface area contributed by atoms with Crippen LogP contribution >= 0.6 is 7.60 Å². The molecule has 0 radical (unpaired) electrons. The van der Waals surface area contributed by atoms with Gasteiger partial charge in [0.05, 0.1) is 26.6 Å². The Morgan fingerprint density at radius 1 is 1.31 bits per heavy atom. The van der Waals surface area contributed by atoms with Gasteiger partial charge in [-0.1, -0.05) is 12.1 Å². The minimum Gasteiger partial charge on any atom is -0.468 e. The molecule has 13 heteroatoms. The second-order valence-electron chi connectivity index (χ2n) is 7.22. The molecule has 1 fully saturated rings. The predicted octanol–water partition coefficient (Wildman–Crippen LogP) is 1.10. The van der Waals surface area contributed by atoms with Crippen LogP contribution in [0.5, 0.6) is 5.75 Å². The second-order valence-corrected chi connectivity index (χ2v) is 9.14. The third-order valence-corrected chi connectivity index (χ3v) is 6.38. The number of fused-ring (bicyclic) bond motifs is 1. The highest BCUT2D eigenvalue weighted by atomic mass is 31.2. The first-order valence-electron chi connectivity index (χ1n) is 9.75. The fourth-order valence-electron chi connectivity index (χ4n) is 3.22. The number of anilines is 1. The van der Waals surface area contributed by atoms with Gasteiger partial charge in [-0.3, -0.25) is 9.32 Å². The van der Waals surface area contributed by atoms with Crippen LogP contribution in [-0.2, 0) is 36.3 Å². The Labute approximate surface area is 183 Å². The van der Waals surface area contributed by atoms with Gasteiger partial charge in [0.1, 0.15) is 29.7 Å². The Morgan fingerprint density at radius 3 is 2.78 bits per heavy atom. The monoisotopic (exact) mass is 462 g/mol. The van der Waals surface area contributed by atoms with Crippen LogP contribution in [0.3, 0.4) is 0 Å². The van der Waals surface area contributed by atoms with E-state index in [-0.39, 0.29) is 19.1 Å². The van der Waals surface area contributed by atoms with Crippen molar-refractivity contribution in [1.29, 1.82) is 0 Å². The number of imidazole rings is 1. The number of methoxy groups -OCH3 is 1. The summed E-state index contributed by atoms with van der Waals surface area (Å²) in [6, 6.07) is 5.98. The highest BCUT2D eigenvalue weighted by molar-refractivity contribution is 7.54. The predicted molar refractivity (Wildman–Crippen MR) is 114 cm³/mol. The fraction of sp³-hybridized carbons (Fsp3) is 0.368. The molecule has 0 unspecified atom stereocenters. The SMILES string of the molecule is COC(=O)[C@@H](N)Cc1ccc(O[P@]2(=O)CO[C@@H](Cn3cnc4c(N)ncnc43)CO2)cc1. The number of nitrogens with two attached hydrogens (primary N) is 2. The first-order chi connectivity index (χ1) is 15.4. The molecule has 1 aliphatic rings. The number of nitrogens with zero attached hydrogens (tertiary/aromatic N) is 4. The van der Waals surface area contributed by atoms with Gasteiger partial charge in [0.25, 0.3) is 0 Å². The number of esters is 1. The molecule has 1 saturated heterocycles. The van der Waals surface area contributed by atoms with Crippen LogP contribution in [0.1, 0.15) is 5.56 Å². The minimum absolute atomic E-state index is 0.0730. The van der Waals surface area contributed by atoms with Gasteiger partial charge >= 0.3 is 13.6 Å². The molecule has 4 N–H and O–H groups in total. The Balaban J connectivity index is 1.32. The Bertz CT molecular complexity index is 1140. The molecule has 3 aromatic rings. The van der Waals surface area contributed by atoms with Gasteiger partial charge in [0.15, 0.2) is 17.8 Å². The number of hydrogen-bond donors (Lipinski definition) is 2. The molecule has 3 atom stereocenters. The molecule has 3 heterocycles. The van der Waals surface area contributed by atoms with Crippen LogP contribution in [0, 0.1) is 0 Å². The summed E-state index contributed by atoms with van der Waals surface area (Å²) in [6.45, 7) is 0.464. The fourth-order valence-corrected chi connectivity index (χ4v) is 4.63. The summed E-state index contributed by atoms with van der Waals surface area (Å²) in [7, 11) is -2.19. The van der Waals surface area contributed by atoms with Gasteiger partial charge in [-0.25, -0.2) is 19.5 Å². The number of carbonyl (C=O) groups excluding carboxylic acids is 1. The van der Waals surface area contributed by atoms with Crippen molar-refractivity contribution in [1.82, 2.24) is 19.5 Å². The summed E-state index contributed by atoms with van der Waals surface area (Å²) >= 11 is 0. The zero-order valence-corrected chi connectivity index (χ0v) is 18.2. The minimum atomic E-state index is -3.47. The number of benzene rings is 1. The first-order valence-corrected chi connectivity index (χ1v) is 11.5. The van der Waals surface area contributed by atoms with Gasteiger partial charge in [0, 0.05) is 0 Å². The molecule has 0 spiro atoms. The van der Waals surface area contributed by atoms with Crippen molar-refractivity contribution in [3.63, 3.8) is 0 Å². The van der Waals surface area contributed by atoms with E-state index in [1.54, 1.807) is 35.2 Å². The van der Waals surface area contributed by atoms with Crippen molar-refractivity contribution >= 4 is 30.5 Å². The van der Waals surface area contributed by atoms with E-state index >= 15 is 0 Å². The van der Waals surface area contributed by atoms with E-state index in [2.05, 4.69) is 19.7 Å². The maximum atomic E-state index is 12.9. The molecule has 32 heavy (non-hydrogen) atoms. The smallest absolute Gasteiger partial charge is 0.404 e. The highest BCUT2D eigenvalue weighted by Gasteiger charge is 2.35. The second kappa shape index (κ2) is 9.21. The quantitative estimate of drug-likeness (QED) is 0.381. The van der Waals surface area contributed by atoms with E-state index < -0.39 is 19.6 Å². The lowest BCUT2D eigenvalue weighted by Gasteiger charge is -2.29. The zero-order chi connectivity index (χ0) is 22.7. The number of ether oxygens (including phenoxy) is 2. The molecule has 0 amide bonds. The molecule has 0 bridgehead atoms. The molecule has 12 nitrogen and oxygen atoms in total. The van der Waals surface area contributed by atoms with E-state index in [1.165, 1.54) is 13.4 Å². The summed E-state index contributed by atoms with van der Waals surface area (Å²) in [4.78, 5) is 23.8. The lowest BCUT2D eigenvalue weighted by molar-refractivity contribution is -0.142. The number of hydrogen-bond acceptors (Lipinski definition) is 11. The lowest BCUT2D eigenvalue weighted by atomic mass is 10.1. The Hall–Kier alpha value is -3.05. The highest BCUT2D eigenvalue weighted by Crippen LogP contribution is 2.50. The van der Waals surface area contributed by atoms with Gasteiger partial charge in [-0.15, -0.1) is 0 Å². The van der Waals surface area contributed by atoms with Crippen molar-refractivity contribution in [2.24, 2.45) is 5.73 Å². The summed E-state index contributed by atoms with van der Waals surface area (Å²) in [5, 5.41) is 0. The maximum absolute atomic E-state index is 12.9. The van der Waals surface area contributed by atoms with Crippen LogP contribution in [0.2, 0.25) is 0 Å².